The van der Waals surface area contributed by atoms with Gasteiger partial charge in [-0.25, -0.2) is 13.2 Å². The van der Waals surface area contributed by atoms with E-state index < -0.39 is 47.7 Å². The van der Waals surface area contributed by atoms with Crippen LogP contribution in [0.5, 0.6) is 0 Å². The summed E-state index contributed by atoms with van der Waals surface area (Å²) in [6.45, 7) is 1.59. The van der Waals surface area contributed by atoms with Crippen LogP contribution >= 0.6 is 0 Å². The van der Waals surface area contributed by atoms with Gasteiger partial charge in [-0.2, -0.15) is 0 Å². The number of carbonyl (C=O) groups is 2. The Bertz CT molecular complexity index is 1010. The van der Waals surface area contributed by atoms with Crippen LogP contribution in [0.25, 0.3) is 0 Å². The molecule has 0 bridgehead atoms. The summed E-state index contributed by atoms with van der Waals surface area (Å²) in [6.07, 6.45) is -0.732. The van der Waals surface area contributed by atoms with Crippen LogP contribution in [0.2, 0.25) is 0 Å². The van der Waals surface area contributed by atoms with Crippen LogP contribution in [0.4, 0.5) is 24.5 Å². The number of nitrogens with one attached hydrogen (secondary N) is 2. The number of benzene rings is 2. The zero-order valence-electron chi connectivity index (χ0n) is 17.4. The van der Waals surface area contributed by atoms with Crippen LogP contribution in [0.3, 0.4) is 0 Å². The minimum absolute atomic E-state index is 0.0740. The lowest BCUT2D eigenvalue weighted by atomic mass is 9.97. The molecule has 7 nitrogen and oxygen atoms in total. The molecule has 1 fully saturated rings. The number of carbonyl (C=O) groups excluding carboxylic acids is 2. The highest BCUT2D eigenvalue weighted by molar-refractivity contribution is 6.01. The van der Waals surface area contributed by atoms with Crippen LogP contribution in [-0.4, -0.2) is 59.3 Å². The zero-order valence-corrected chi connectivity index (χ0v) is 17.4. The third-order valence-corrected chi connectivity index (χ3v) is 5.24. The van der Waals surface area contributed by atoms with Crippen molar-refractivity contribution >= 4 is 23.2 Å². The average molecular weight is 451 g/mol. The summed E-state index contributed by atoms with van der Waals surface area (Å²) >= 11 is 0. The van der Waals surface area contributed by atoms with Gasteiger partial charge < -0.3 is 25.7 Å². The van der Waals surface area contributed by atoms with Gasteiger partial charge in [0, 0.05) is 19.6 Å². The van der Waals surface area contributed by atoms with Gasteiger partial charge in [0.1, 0.15) is 5.82 Å². The lowest BCUT2D eigenvalue weighted by molar-refractivity contribution is -0.129. The molecule has 1 unspecified atom stereocenters. The Hall–Kier alpha value is -3.11. The van der Waals surface area contributed by atoms with Gasteiger partial charge in [0.15, 0.2) is 11.6 Å². The van der Waals surface area contributed by atoms with Crippen molar-refractivity contribution in [1.29, 1.82) is 0 Å². The molecular weight excluding hydrogens is 427 g/mol. The third kappa shape index (κ3) is 5.20. The summed E-state index contributed by atoms with van der Waals surface area (Å²) in [5.41, 5.74) is -0.141. The predicted octanol–water partition coefficient (Wildman–Crippen LogP) is 2.09. The Morgan fingerprint density at radius 3 is 2.53 bits per heavy atom. The second kappa shape index (κ2) is 10.0. The van der Waals surface area contributed by atoms with Crippen LogP contribution < -0.4 is 10.6 Å². The van der Waals surface area contributed by atoms with E-state index in [0.29, 0.717) is 5.56 Å². The Labute approximate surface area is 182 Å². The van der Waals surface area contributed by atoms with Crippen molar-refractivity contribution in [3.63, 3.8) is 0 Å². The number of hydrogen-bond donors (Lipinski definition) is 4. The van der Waals surface area contributed by atoms with E-state index in [1.807, 2.05) is 0 Å². The molecule has 2 aromatic rings. The van der Waals surface area contributed by atoms with Gasteiger partial charge in [0.2, 0.25) is 5.91 Å². The summed E-state index contributed by atoms with van der Waals surface area (Å²) < 4.78 is 42.5. The normalized spacial score (nSPS) is 14.6. The Morgan fingerprint density at radius 1 is 1.16 bits per heavy atom. The van der Waals surface area contributed by atoms with Crippen molar-refractivity contribution < 1.29 is 33.0 Å². The number of aryl methyl sites for hydroxylation is 1. The van der Waals surface area contributed by atoms with Crippen LogP contribution in [0.1, 0.15) is 22.3 Å². The lowest BCUT2D eigenvalue weighted by Gasteiger charge is -2.38. The van der Waals surface area contributed by atoms with Gasteiger partial charge >= 0.3 is 0 Å². The summed E-state index contributed by atoms with van der Waals surface area (Å²) in [6, 6.07) is 6.09. The number of anilines is 2. The van der Waals surface area contributed by atoms with Gasteiger partial charge in [-0.1, -0.05) is 6.07 Å². The first-order valence-electron chi connectivity index (χ1n) is 10.1. The van der Waals surface area contributed by atoms with Gasteiger partial charge in [-0.05, 0) is 43.2 Å². The summed E-state index contributed by atoms with van der Waals surface area (Å²) in [7, 11) is 0. The molecule has 32 heavy (non-hydrogen) atoms. The number of hydrogen-bond acceptors (Lipinski definition) is 5. The fourth-order valence-corrected chi connectivity index (χ4v) is 3.29. The van der Waals surface area contributed by atoms with Crippen molar-refractivity contribution in [2.75, 3.05) is 31.6 Å². The van der Waals surface area contributed by atoms with E-state index in [1.54, 1.807) is 13.0 Å². The minimum Gasteiger partial charge on any atom is -0.394 e. The quantitative estimate of drug-likeness (QED) is 0.492. The first kappa shape index (κ1) is 23.6. The summed E-state index contributed by atoms with van der Waals surface area (Å²) in [4.78, 5) is 26.3. The van der Waals surface area contributed by atoms with E-state index in [0.717, 1.165) is 12.1 Å². The van der Waals surface area contributed by atoms with Crippen molar-refractivity contribution in [2.45, 2.75) is 19.4 Å². The van der Waals surface area contributed by atoms with Crippen molar-refractivity contribution in [3.05, 3.63) is 58.9 Å². The van der Waals surface area contributed by atoms with Crippen LogP contribution in [0.15, 0.2) is 30.3 Å². The topological polar surface area (TPSA) is 102 Å². The first-order valence-corrected chi connectivity index (χ1v) is 10.1. The van der Waals surface area contributed by atoms with E-state index in [-0.39, 0.29) is 43.2 Å². The molecule has 172 valence electrons. The Morgan fingerprint density at radius 2 is 1.88 bits per heavy atom. The van der Waals surface area contributed by atoms with E-state index >= 15 is 0 Å². The molecule has 1 atom stereocenters. The smallest absolute Gasteiger partial charge is 0.256 e. The first-order chi connectivity index (χ1) is 15.2. The third-order valence-electron chi connectivity index (χ3n) is 5.24. The number of nitrogens with zero attached hydrogens (tertiary/aromatic N) is 1. The molecule has 1 heterocycles. The fraction of sp³-hybridized carbons (Fsp3) is 0.364. The van der Waals surface area contributed by atoms with E-state index in [1.165, 1.54) is 17.0 Å². The Kier molecular flexibility index (Phi) is 7.37. The predicted molar refractivity (Wildman–Crippen MR) is 111 cm³/mol. The van der Waals surface area contributed by atoms with Crippen molar-refractivity contribution in [2.24, 2.45) is 5.92 Å². The van der Waals surface area contributed by atoms with E-state index in [4.69, 9.17) is 5.11 Å². The minimum atomic E-state index is -1.31. The van der Waals surface area contributed by atoms with Crippen LogP contribution in [0, 0.1) is 30.3 Å². The molecule has 0 spiro atoms. The standard InChI is InChI=1S/C22H24F3N3O4/c1-12-2-5-18(17(24)8-12)27-20-15(3-4-16(23)19(20)25)22(32)28-9-13(10-28)21(31)26-7-6-14(30)11-29/h2-5,8,13-14,27,29-30H,6-7,9-11H2,1H3,(H,26,31). The highest BCUT2D eigenvalue weighted by Gasteiger charge is 2.37. The van der Waals surface area contributed by atoms with E-state index in [2.05, 4.69) is 10.6 Å². The molecule has 1 saturated heterocycles. The molecular formula is C22H24F3N3O4. The van der Waals surface area contributed by atoms with Gasteiger partial charge in [0.05, 0.1) is 35.6 Å². The van der Waals surface area contributed by atoms with E-state index in [9.17, 15) is 27.9 Å². The van der Waals surface area contributed by atoms with Crippen molar-refractivity contribution in [1.82, 2.24) is 10.2 Å². The molecule has 1 aliphatic rings. The number of likely N-dealkylation sites (tertiary alicyclic amines) is 1. The SMILES string of the molecule is Cc1ccc(Nc2c(C(=O)N3CC(C(=O)NCCC(O)CO)C3)ccc(F)c2F)c(F)c1. The number of amides is 2. The highest BCUT2D eigenvalue weighted by Crippen LogP contribution is 2.30. The molecule has 2 amide bonds. The largest absolute Gasteiger partial charge is 0.394 e. The maximum absolute atomic E-state index is 14.5. The van der Waals surface area contributed by atoms with Gasteiger partial charge in [-0.3, -0.25) is 9.59 Å². The molecule has 0 aromatic heterocycles. The molecule has 0 saturated carbocycles. The molecule has 3 rings (SSSR count). The molecule has 0 aliphatic carbocycles. The lowest BCUT2D eigenvalue weighted by Crippen LogP contribution is -2.56. The van der Waals surface area contributed by atoms with Crippen LogP contribution in [-0.2, 0) is 4.79 Å². The van der Waals surface area contributed by atoms with Gasteiger partial charge in [-0.15, -0.1) is 0 Å². The molecule has 1 aliphatic heterocycles. The average Bonchev–Trinajstić information content (AvgIpc) is 2.71. The van der Waals surface area contributed by atoms with Gasteiger partial charge in [0.25, 0.3) is 5.91 Å². The zero-order chi connectivity index (χ0) is 23.4. The number of aliphatic hydroxyl groups excluding tert-OH is 2. The Balaban J connectivity index is 1.69. The number of aliphatic hydroxyl groups is 2. The van der Waals surface area contributed by atoms with Crippen molar-refractivity contribution in [3.8, 4) is 0 Å². The second-order valence-corrected chi connectivity index (χ2v) is 7.72. The molecule has 0 radical (unpaired) electrons. The number of halogens is 3. The molecule has 4 N–H and O–H groups in total. The monoisotopic (exact) mass is 451 g/mol. The fourth-order valence-electron chi connectivity index (χ4n) is 3.29. The molecule has 10 heteroatoms. The molecule has 2 aromatic carbocycles. The number of rotatable bonds is 8. The maximum atomic E-state index is 14.5. The summed E-state index contributed by atoms with van der Waals surface area (Å²) in [5.74, 6) is -4.61. The second-order valence-electron chi connectivity index (χ2n) is 7.72. The highest BCUT2D eigenvalue weighted by atomic mass is 19.2. The maximum Gasteiger partial charge on any atom is 0.256 e. The summed E-state index contributed by atoms with van der Waals surface area (Å²) in [5, 5.41) is 23.1.